The number of fused-ring (bicyclic) bond motifs is 1. The molecule has 1 aromatic carbocycles. The van der Waals surface area contributed by atoms with E-state index in [9.17, 15) is 14.4 Å². The number of hydrogen-bond donors (Lipinski definition) is 3. The summed E-state index contributed by atoms with van der Waals surface area (Å²) in [5, 5.41) is 11.5. The third kappa shape index (κ3) is 3.79. The van der Waals surface area contributed by atoms with Gasteiger partial charge in [-0.2, -0.15) is 0 Å². The van der Waals surface area contributed by atoms with Crippen LogP contribution in [-0.2, 0) is 6.54 Å². The topological polar surface area (TPSA) is 138 Å². The van der Waals surface area contributed by atoms with Gasteiger partial charge >= 0.3 is 5.69 Å². The summed E-state index contributed by atoms with van der Waals surface area (Å²) in [6.45, 7) is 2.05. The van der Waals surface area contributed by atoms with Gasteiger partial charge in [-0.05, 0) is 24.6 Å². The summed E-state index contributed by atoms with van der Waals surface area (Å²) in [5.74, 6) is -0.541. The molecule has 0 aliphatic rings. The van der Waals surface area contributed by atoms with Crippen molar-refractivity contribution < 1.29 is 4.79 Å². The van der Waals surface area contributed by atoms with Crippen LogP contribution in [0.25, 0.3) is 10.3 Å². The number of halogens is 2. The molecule has 3 aromatic heterocycles. The lowest BCUT2D eigenvalue weighted by Crippen LogP contribution is -2.20. The van der Waals surface area contributed by atoms with Crippen LogP contribution in [0, 0.1) is 6.92 Å². The summed E-state index contributed by atoms with van der Waals surface area (Å²) in [4.78, 5) is 44.2. The molecular formula is C16H11Cl2N7O3S. The number of aromatic nitrogens is 6. The van der Waals surface area contributed by atoms with Crippen LogP contribution in [0.1, 0.15) is 21.7 Å². The zero-order valence-corrected chi connectivity index (χ0v) is 16.9. The van der Waals surface area contributed by atoms with Crippen LogP contribution in [0.2, 0.25) is 10.0 Å². The van der Waals surface area contributed by atoms with Crippen molar-refractivity contribution in [2.45, 2.75) is 13.5 Å². The Morgan fingerprint density at radius 3 is 2.79 bits per heavy atom. The number of rotatable bonds is 4. The third-order valence-electron chi connectivity index (χ3n) is 4.03. The minimum Gasteiger partial charge on any atom is -0.296 e. The summed E-state index contributed by atoms with van der Waals surface area (Å²) in [6, 6.07) is 5.19. The lowest BCUT2D eigenvalue weighted by molar-refractivity contribution is 0.102. The molecule has 0 atom stereocenters. The minimum atomic E-state index is -0.674. The normalized spacial score (nSPS) is 11.1. The van der Waals surface area contributed by atoms with Gasteiger partial charge < -0.3 is 0 Å². The molecule has 0 radical (unpaired) electrons. The second-order valence-corrected chi connectivity index (χ2v) is 7.80. The number of H-pyrrole nitrogens is 2. The first-order valence-corrected chi connectivity index (χ1v) is 9.67. The van der Waals surface area contributed by atoms with Gasteiger partial charge in [-0.15, -0.1) is 5.10 Å². The van der Waals surface area contributed by atoms with Gasteiger partial charge in [-0.3, -0.25) is 24.9 Å². The predicted octanol–water partition coefficient (Wildman–Crippen LogP) is 2.18. The van der Waals surface area contributed by atoms with Gasteiger partial charge in [0.2, 0.25) is 0 Å². The highest BCUT2D eigenvalue weighted by molar-refractivity contribution is 7.22. The molecule has 0 fully saturated rings. The fourth-order valence-corrected chi connectivity index (χ4v) is 3.73. The molecular weight excluding hydrogens is 441 g/mol. The molecule has 0 saturated carbocycles. The van der Waals surface area contributed by atoms with Crippen LogP contribution in [0.3, 0.4) is 0 Å². The maximum atomic E-state index is 12.6. The summed E-state index contributed by atoms with van der Waals surface area (Å²) in [5.41, 5.74) is 0.317. The summed E-state index contributed by atoms with van der Waals surface area (Å²) in [7, 11) is 0. The number of anilines is 1. The largest absolute Gasteiger partial charge is 0.327 e. The number of hydrogen-bond acceptors (Lipinski definition) is 7. The van der Waals surface area contributed by atoms with Crippen LogP contribution >= 0.6 is 34.5 Å². The number of nitrogens with zero attached hydrogens (tertiary/aromatic N) is 4. The highest BCUT2D eigenvalue weighted by Crippen LogP contribution is 2.24. The van der Waals surface area contributed by atoms with E-state index in [0.29, 0.717) is 22.3 Å². The number of aromatic amines is 2. The first kappa shape index (κ1) is 19.3. The Balaban J connectivity index is 1.57. The molecule has 1 amide bonds. The molecule has 13 heteroatoms. The second kappa shape index (κ2) is 7.43. The molecule has 0 spiro atoms. The van der Waals surface area contributed by atoms with E-state index in [1.807, 2.05) is 0 Å². The minimum absolute atomic E-state index is 0.0963. The van der Waals surface area contributed by atoms with Gasteiger partial charge in [0, 0.05) is 0 Å². The number of carbonyl (C=O) groups excluding carboxylic acids is 1. The molecule has 4 aromatic rings. The number of amides is 1. The Hall–Kier alpha value is -3.02. The van der Waals surface area contributed by atoms with E-state index < -0.39 is 17.2 Å². The highest BCUT2D eigenvalue weighted by atomic mass is 35.5. The summed E-state index contributed by atoms with van der Waals surface area (Å²) >= 11 is 12.9. The Bertz CT molecular complexity index is 1370. The van der Waals surface area contributed by atoms with Crippen molar-refractivity contribution in [2.24, 2.45) is 0 Å². The molecule has 0 aliphatic heterocycles. The quantitative estimate of drug-likeness (QED) is 0.434. The van der Waals surface area contributed by atoms with Crippen molar-refractivity contribution >= 4 is 55.9 Å². The average molecular weight is 452 g/mol. The monoisotopic (exact) mass is 451 g/mol. The van der Waals surface area contributed by atoms with Crippen LogP contribution in [0.4, 0.5) is 5.13 Å². The van der Waals surface area contributed by atoms with Gasteiger partial charge in [0.1, 0.15) is 4.70 Å². The van der Waals surface area contributed by atoms with Gasteiger partial charge in [0.25, 0.3) is 11.5 Å². The lowest BCUT2D eigenvalue weighted by atomic mass is 10.2. The van der Waals surface area contributed by atoms with E-state index in [2.05, 4.69) is 30.6 Å². The number of benzene rings is 1. The third-order valence-corrected chi connectivity index (χ3v) is 5.74. The van der Waals surface area contributed by atoms with Crippen molar-refractivity contribution in [1.29, 1.82) is 0 Å². The Labute approximate surface area is 175 Å². The number of thiazole rings is 1. The SMILES string of the molecule is Cc1c(C(=O)Nc2nc3[nH]c(=O)[nH]c(=O)c3s2)nnn1Cc1ccc(Cl)c(Cl)c1. The van der Waals surface area contributed by atoms with Crippen LogP contribution in [-0.4, -0.2) is 35.9 Å². The van der Waals surface area contributed by atoms with E-state index in [0.717, 1.165) is 16.9 Å². The fourth-order valence-electron chi connectivity index (χ4n) is 2.60. The van der Waals surface area contributed by atoms with Gasteiger partial charge in [-0.1, -0.05) is 45.8 Å². The molecule has 0 unspecified atom stereocenters. The van der Waals surface area contributed by atoms with E-state index in [-0.39, 0.29) is 21.2 Å². The molecule has 0 aliphatic carbocycles. The van der Waals surface area contributed by atoms with Gasteiger partial charge in [0.15, 0.2) is 16.5 Å². The van der Waals surface area contributed by atoms with Crippen LogP contribution in [0.5, 0.6) is 0 Å². The van der Waals surface area contributed by atoms with Crippen LogP contribution < -0.4 is 16.6 Å². The standard InChI is InChI=1S/C16H11Cl2N7O3S/c1-6-10(23-24-25(6)5-7-2-3-8(17)9(18)4-7)13(26)22-16-20-12-11(29-16)14(27)21-15(28)19-12/h2-4H,5H2,1H3,(H3,19,20,21,22,26,27,28). The predicted molar refractivity (Wildman–Crippen MR) is 109 cm³/mol. The van der Waals surface area contributed by atoms with Crippen molar-refractivity contribution in [2.75, 3.05) is 5.32 Å². The molecule has 10 nitrogen and oxygen atoms in total. The molecule has 3 heterocycles. The fraction of sp³-hybridized carbons (Fsp3) is 0.125. The van der Waals surface area contributed by atoms with E-state index in [1.54, 1.807) is 29.8 Å². The Morgan fingerprint density at radius 1 is 1.24 bits per heavy atom. The zero-order chi connectivity index (χ0) is 20.7. The van der Waals surface area contributed by atoms with E-state index >= 15 is 0 Å². The second-order valence-electron chi connectivity index (χ2n) is 5.99. The van der Waals surface area contributed by atoms with Crippen LogP contribution in [0.15, 0.2) is 27.8 Å². The highest BCUT2D eigenvalue weighted by Gasteiger charge is 2.19. The first-order valence-electron chi connectivity index (χ1n) is 8.10. The van der Waals surface area contributed by atoms with Crippen molar-refractivity contribution in [3.8, 4) is 0 Å². The maximum absolute atomic E-state index is 12.6. The number of nitrogens with one attached hydrogen (secondary N) is 3. The molecule has 3 N–H and O–H groups in total. The molecule has 0 bridgehead atoms. The Morgan fingerprint density at radius 2 is 2.03 bits per heavy atom. The van der Waals surface area contributed by atoms with Gasteiger partial charge in [-0.25, -0.2) is 14.5 Å². The molecule has 29 heavy (non-hydrogen) atoms. The summed E-state index contributed by atoms with van der Waals surface area (Å²) < 4.78 is 1.74. The van der Waals surface area contributed by atoms with E-state index in [4.69, 9.17) is 23.2 Å². The lowest BCUT2D eigenvalue weighted by Gasteiger charge is -2.05. The smallest absolute Gasteiger partial charge is 0.296 e. The first-order chi connectivity index (χ1) is 13.8. The molecule has 4 rings (SSSR count). The zero-order valence-electron chi connectivity index (χ0n) is 14.6. The van der Waals surface area contributed by atoms with Gasteiger partial charge in [0.05, 0.1) is 22.3 Å². The van der Waals surface area contributed by atoms with E-state index in [1.165, 1.54) is 0 Å². The van der Waals surface area contributed by atoms with Crippen molar-refractivity contribution in [3.05, 3.63) is 66.0 Å². The van der Waals surface area contributed by atoms with Crippen molar-refractivity contribution in [1.82, 2.24) is 29.9 Å². The molecule has 148 valence electrons. The van der Waals surface area contributed by atoms with Crippen molar-refractivity contribution in [3.63, 3.8) is 0 Å². The summed E-state index contributed by atoms with van der Waals surface area (Å²) in [6.07, 6.45) is 0. The Kier molecular flexibility index (Phi) is 4.94. The average Bonchev–Trinajstić information content (AvgIpc) is 3.22. The number of carbonyl (C=O) groups is 1. The molecule has 0 saturated heterocycles. The maximum Gasteiger partial charge on any atom is 0.327 e.